The monoisotopic (exact) mass is 450 g/mol. The highest BCUT2D eigenvalue weighted by atomic mass is 19.4. The molecule has 1 saturated heterocycles. The standard InChI is InChI=1S/C23H29F3N4O2/c1-15-16(7-5-10-28-15)17-13-27-12-9-19(17)30(4)21(31)22(2,3)14-32-20-18(23(24,25)26)8-6-11-29-20/h5-8,10-11,17,19,27H,9,12-14H2,1-4H3. The maximum atomic E-state index is 13.4. The molecule has 174 valence electrons. The summed E-state index contributed by atoms with van der Waals surface area (Å²) in [5.41, 5.74) is 0.00224. The first kappa shape index (κ1) is 24.0. The number of piperidine rings is 1. The molecular formula is C23H29F3N4O2. The van der Waals surface area contributed by atoms with E-state index in [0.29, 0.717) is 6.54 Å². The van der Waals surface area contributed by atoms with Crippen LogP contribution in [0.25, 0.3) is 0 Å². The maximum Gasteiger partial charge on any atom is 0.421 e. The third-order valence-corrected chi connectivity index (χ3v) is 5.94. The third-order valence-electron chi connectivity index (χ3n) is 5.94. The Labute approximate surface area is 186 Å². The van der Waals surface area contributed by atoms with Crippen LogP contribution in [0.4, 0.5) is 13.2 Å². The first-order valence-electron chi connectivity index (χ1n) is 10.6. The van der Waals surface area contributed by atoms with Crippen LogP contribution in [0.1, 0.15) is 43.0 Å². The minimum atomic E-state index is -4.58. The van der Waals surface area contributed by atoms with Gasteiger partial charge in [-0.1, -0.05) is 6.07 Å². The highest BCUT2D eigenvalue weighted by molar-refractivity contribution is 5.82. The molecular weight excluding hydrogens is 421 g/mol. The lowest BCUT2D eigenvalue weighted by Crippen LogP contribution is -2.53. The van der Waals surface area contributed by atoms with Crippen molar-refractivity contribution in [3.63, 3.8) is 0 Å². The summed E-state index contributed by atoms with van der Waals surface area (Å²) in [7, 11) is 1.75. The van der Waals surface area contributed by atoms with Crippen molar-refractivity contribution in [1.29, 1.82) is 0 Å². The molecule has 2 unspecified atom stereocenters. The third kappa shape index (κ3) is 5.20. The van der Waals surface area contributed by atoms with Gasteiger partial charge in [0.15, 0.2) is 0 Å². The Morgan fingerprint density at radius 3 is 2.59 bits per heavy atom. The van der Waals surface area contributed by atoms with Crippen LogP contribution >= 0.6 is 0 Å². The van der Waals surface area contributed by atoms with Gasteiger partial charge in [0.2, 0.25) is 11.8 Å². The van der Waals surface area contributed by atoms with Crippen molar-refractivity contribution < 1.29 is 22.7 Å². The summed E-state index contributed by atoms with van der Waals surface area (Å²) in [6.45, 7) is 6.57. The van der Waals surface area contributed by atoms with E-state index >= 15 is 0 Å². The molecule has 1 fully saturated rings. The number of nitrogens with zero attached hydrogens (tertiary/aromatic N) is 3. The number of pyridine rings is 2. The summed E-state index contributed by atoms with van der Waals surface area (Å²) in [4.78, 5) is 23.2. The SMILES string of the molecule is Cc1ncccc1C1CNCCC1N(C)C(=O)C(C)(C)COc1ncccc1C(F)(F)F. The van der Waals surface area contributed by atoms with E-state index in [1.54, 1.807) is 32.0 Å². The number of hydrogen-bond acceptors (Lipinski definition) is 5. The summed E-state index contributed by atoms with van der Waals surface area (Å²) < 4.78 is 45.1. The van der Waals surface area contributed by atoms with Crippen LogP contribution in [-0.2, 0) is 11.0 Å². The van der Waals surface area contributed by atoms with Gasteiger partial charge in [0.25, 0.3) is 0 Å². The zero-order valence-corrected chi connectivity index (χ0v) is 18.7. The molecule has 0 saturated carbocycles. The van der Waals surface area contributed by atoms with Crippen molar-refractivity contribution in [2.24, 2.45) is 5.41 Å². The van der Waals surface area contributed by atoms with E-state index < -0.39 is 23.0 Å². The van der Waals surface area contributed by atoms with E-state index in [1.165, 1.54) is 12.3 Å². The highest BCUT2D eigenvalue weighted by Gasteiger charge is 2.40. The number of likely N-dealkylation sites (N-methyl/N-ethyl adjacent to an activating group) is 1. The van der Waals surface area contributed by atoms with E-state index in [9.17, 15) is 18.0 Å². The largest absolute Gasteiger partial charge is 0.476 e. The minimum absolute atomic E-state index is 0.0634. The molecule has 2 atom stereocenters. The van der Waals surface area contributed by atoms with Crippen LogP contribution in [0.2, 0.25) is 0 Å². The molecule has 2 aromatic rings. The van der Waals surface area contributed by atoms with Crippen LogP contribution in [0.5, 0.6) is 5.88 Å². The van der Waals surface area contributed by atoms with Crippen molar-refractivity contribution in [3.8, 4) is 5.88 Å². The van der Waals surface area contributed by atoms with Crippen molar-refractivity contribution in [2.75, 3.05) is 26.7 Å². The fourth-order valence-electron chi connectivity index (χ4n) is 4.17. The second-order valence-corrected chi connectivity index (χ2v) is 8.79. The van der Waals surface area contributed by atoms with Crippen molar-refractivity contribution >= 4 is 5.91 Å². The van der Waals surface area contributed by atoms with Gasteiger partial charge in [0, 0.05) is 43.6 Å². The first-order valence-corrected chi connectivity index (χ1v) is 10.6. The topological polar surface area (TPSA) is 67.4 Å². The number of carbonyl (C=O) groups excluding carboxylic acids is 1. The summed E-state index contributed by atoms with van der Waals surface area (Å²) in [5.74, 6) is -0.648. The molecule has 2 aromatic heterocycles. The molecule has 6 nitrogen and oxygen atoms in total. The number of aryl methyl sites for hydroxylation is 1. The average Bonchev–Trinajstić information content (AvgIpc) is 2.76. The molecule has 1 aliphatic rings. The molecule has 1 aliphatic heterocycles. The van der Waals surface area contributed by atoms with Gasteiger partial charge in [-0.15, -0.1) is 0 Å². The van der Waals surface area contributed by atoms with Gasteiger partial charge in [0.05, 0.1) is 5.41 Å². The number of ether oxygens (including phenoxy) is 1. The number of aromatic nitrogens is 2. The Hall–Kier alpha value is -2.68. The molecule has 0 radical (unpaired) electrons. The number of rotatable bonds is 6. The molecule has 3 rings (SSSR count). The molecule has 1 N–H and O–H groups in total. The first-order chi connectivity index (χ1) is 15.0. The molecule has 0 aliphatic carbocycles. The van der Waals surface area contributed by atoms with Gasteiger partial charge in [-0.05, 0) is 57.5 Å². The molecule has 9 heteroatoms. The quantitative estimate of drug-likeness (QED) is 0.725. The minimum Gasteiger partial charge on any atom is -0.476 e. The predicted molar refractivity (Wildman–Crippen MR) is 114 cm³/mol. The average molecular weight is 451 g/mol. The van der Waals surface area contributed by atoms with Gasteiger partial charge in [0.1, 0.15) is 12.2 Å². The van der Waals surface area contributed by atoms with Gasteiger partial charge in [-0.2, -0.15) is 13.2 Å². The number of hydrogen-bond donors (Lipinski definition) is 1. The summed E-state index contributed by atoms with van der Waals surface area (Å²) in [6.07, 6.45) is -0.845. The highest BCUT2D eigenvalue weighted by Crippen LogP contribution is 2.36. The van der Waals surface area contributed by atoms with E-state index in [-0.39, 0.29) is 24.5 Å². The Morgan fingerprint density at radius 1 is 1.22 bits per heavy atom. The Bertz CT molecular complexity index is 949. The lowest BCUT2D eigenvalue weighted by molar-refractivity contribution is -0.144. The van der Waals surface area contributed by atoms with Crippen molar-refractivity contribution in [2.45, 2.75) is 45.3 Å². The van der Waals surface area contributed by atoms with Crippen molar-refractivity contribution in [1.82, 2.24) is 20.2 Å². The molecule has 0 bridgehead atoms. The summed E-state index contributed by atoms with van der Waals surface area (Å²) in [6, 6.07) is 5.97. The maximum absolute atomic E-state index is 13.4. The summed E-state index contributed by atoms with van der Waals surface area (Å²) >= 11 is 0. The van der Waals surface area contributed by atoms with E-state index in [0.717, 1.165) is 30.3 Å². The van der Waals surface area contributed by atoms with Crippen LogP contribution < -0.4 is 10.1 Å². The Morgan fingerprint density at radius 2 is 1.91 bits per heavy atom. The second kappa shape index (κ2) is 9.44. The van der Waals surface area contributed by atoms with Crippen LogP contribution in [-0.4, -0.2) is 53.6 Å². The van der Waals surface area contributed by atoms with Gasteiger partial charge >= 0.3 is 6.18 Å². The number of carbonyl (C=O) groups is 1. The number of nitrogens with one attached hydrogen (secondary N) is 1. The van der Waals surface area contributed by atoms with Crippen molar-refractivity contribution in [3.05, 3.63) is 53.5 Å². The predicted octanol–water partition coefficient (Wildman–Crippen LogP) is 3.81. The smallest absolute Gasteiger partial charge is 0.421 e. The zero-order chi connectivity index (χ0) is 23.5. The number of halogens is 3. The summed E-state index contributed by atoms with van der Waals surface area (Å²) in [5, 5.41) is 3.38. The van der Waals surface area contributed by atoms with Gasteiger partial charge in [-0.3, -0.25) is 9.78 Å². The van der Waals surface area contributed by atoms with Crippen LogP contribution in [0, 0.1) is 12.3 Å². The van der Waals surface area contributed by atoms with Gasteiger partial charge < -0.3 is 15.0 Å². The molecule has 0 aromatic carbocycles. The lowest BCUT2D eigenvalue weighted by Gasteiger charge is -2.41. The van der Waals surface area contributed by atoms with Gasteiger partial charge in [-0.25, -0.2) is 4.98 Å². The van der Waals surface area contributed by atoms with E-state index in [1.807, 2.05) is 19.1 Å². The fourth-order valence-corrected chi connectivity index (χ4v) is 4.17. The fraction of sp³-hybridized carbons (Fsp3) is 0.522. The second-order valence-electron chi connectivity index (χ2n) is 8.79. The molecule has 32 heavy (non-hydrogen) atoms. The Balaban J connectivity index is 1.76. The van der Waals surface area contributed by atoms with E-state index in [4.69, 9.17) is 4.74 Å². The number of amides is 1. The molecule has 1 amide bonds. The normalized spacial score (nSPS) is 19.5. The van der Waals surface area contributed by atoms with Crippen LogP contribution in [0.15, 0.2) is 36.7 Å². The van der Waals surface area contributed by atoms with E-state index in [2.05, 4.69) is 15.3 Å². The zero-order valence-electron chi connectivity index (χ0n) is 18.7. The number of alkyl halides is 3. The Kier molecular flexibility index (Phi) is 7.07. The lowest BCUT2D eigenvalue weighted by atomic mass is 9.83. The molecule has 0 spiro atoms. The molecule has 3 heterocycles. The van der Waals surface area contributed by atoms with Crippen LogP contribution in [0.3, 0.4) is 0 Å².